The lowest BCUT2D eigenvalue weighted by molar-refractivity contribution is -0.131. The Labute approximate surface area is 249 Å². The highest BCUT2D eigenvalue weighted by Crippen LogP contribution is 2.41. The first-order valence-electron chi connectivity index (χ1n) is 13.4. The summed E-state index contributed by atoms with van der Waals surface area (Å²) >= 11 is 12.0. The number of ether oxygens (including phenoxy) is 2. The molecule has 0 saturated carbocycles. The Balaban J connectivity index is 1.67. The number of nitrogens with zero attached hydrogens (tertiary/aromatic N) is 3. The maximum atomic E-state index is 14.9. The first kappa shape index (κ1) is 30.8. The molecule has 220 valence electrons. The van der Waals surface area contributed by atoms with Crippen molar-refractivity contribution in [2.24, 2.45) is 9.98 Å². The van der Waals surface area contributed by atoms with E-state index in [1.807, 2.05) is 4.90 Å². The maximum absolute atomic E-state index is 14.9. The second kappa shape index (κ2) is 12.8. The molecule has 2 bridgehead atoms. The number of amides is 1. The number of benzene rings is 2. The minimum Gasteiger partial charge on any atom is -0.490 e. The normalized spacial score (nSPS) is 20.5. The summed E-state index contributed by atoms with van der Waals surface area (Å²) in [6.07, 6.45) is 4.73. The molecule has 2 aromatic carbocycles. The average molecular weight is 606 g/mol. The molecule has 2 unspecified atom stereocenters. The average Bonchev–Trinajstić information content (AvgIpc) is 3.20. The Hall–Kier alpha value is -3.14. The molecule has 11 heteroatoms. The molecule has 0 radical (unpaired) electrons. The first-order valence-corrected chi connectivity index (χ1v) is 14.2. The van der Waals surface area contributed by atoms with Crippen LogP contribution in [0.15, 0.2) is 46.9 Å². The summed E-state index contributed by atoms with van der Waals surface area (Å²) in [6, 6.07) is 6.52. The van der Waals surface area contributed by atoms with E-state index in [4.69, 9.17) is 32.7 Å². The molecule has 8 nitrogen and oxygen atoms in total. The molecular weight excluding hydrogens is 570 g/mol. The number of hydrogen-bond acceptors (Lipinski definition) is 6. The van der Waals surface area contributed by atoms with Crippen LogP contribution < -0.4 is 14.8 Å². The van der Waals surface area contributed by atoms with Crippen molar-refractivity contribution in [1.82, 2.24) is 4.90 Å². The van der Waals surface area contributed by atoms with Crippen LogP contribution in [0.5, 0.6) is 11.5 Å². The number of aliphatic hydroxyl groups is 1. The third kappa shape index (κ3) is 7.02. The number of anilines is 1. The van der Waals surface area contributed by atoms with Gasteiger partial charge in [0.15, 0.2) is 17.3 Å². The molecule has 2 saturated heterocycles. The number of hydrogen-bond donors (Lipinski definition) is 2. The van der Waals surface area contributed by atoms with E-state index < -0.39 is 11.4 Å². The number of carbonyl (C=O) groups excluding carboxylic acids is 1. The second-order valence-corrected chi connectivity index (χ2v) is 11.6. The van der Waals surface area contributed by atoms with Gasteiger partial charge in [0.1, 0.15) is 11.9 Å². The maximum Gasteiger partial charge on any atom is 0.246 e. The third-order valence-electron chi connectivity index (χ3n) is 7.38. The summed E-state index contributed by atoms with van der Waals surface area (Å²) in [7, 11) is 1.56. The van der Waals surface area contributed by atoms with E-state index >= 15 is 0 Å². The van der Waals surface area contributed by atoms with Gasteiger partial charge in [-0.25, -0.2) is 4.39 Å². The van der Waals surface area contributed by atoms with Crippen molar-refractivity contribution >= 4 is 53.0 Å². The zero-order chi connectivity index (χ0) is 29.9. The number of aliphatic imine (C=N–C) groups is 2. The van der Waals surface area contributed by atoms with Gasteiger partial charge in [0, 0.05) is 50.0 Å². The summed E-state index contributed by atoms with van der Waals surface area (Å²) in [4.78, 5) is 22.8. The van der Waals surface area contributed by atoms with Crippen molar-refractivity contribution in [3.05, 3.63) is 58.3 Å². The Morgan fingerprint density at radius 1 is 1.24 bits per heavy atom. The summed E-state index contributed by atoms with van der Waals surface area (Å²) in [6.45, 7) is 11.0. The second-order valence-electron chi connectivity index (χ2n) is 10.9. The lowest BCUT2D eigenvalue weighted by Gasteiger charge is -2.38. The Morgan fingerprint density at radius 2 is 1.93 bits per heavy atom. The smallest absolute Gasteiger partial charge is 0.246 e. The van der Waals surface area contributed by atoms with Crippen molar-refractivity contribution in [2.75, 3.05) is 19.0 Å². The van der Waals surface area contributed by atoms with E-state index in [0.29, 0.717) is 47.8 Å². The minimum absolute atomic E-state index is 0.0558. The highest BCUT2D eigenvalue weighted by Gasteiger charge is 2.43. The molecule has 2 aromatic rings. The van der Waals surface area contributed by atoms with Crippen LogP contribution in [0.4, 0.5) is 15.8 Å². The van der Waals surface area contributed by atoms with Gasteiger partial charge >= 0.3 is 0 Å². The topological polar surface area (TPSA) is 95.8 Å². The Kier molecular flexibility index (Phi) is 9.62. The molecule has 41 heavy (non-hydrogen) atoms. The van der Waals surface area contributed by atoms with E-state index in [1.54, 1.807) is 33.0 Å². The van der Waals surface area contributed by atoms with Crippen LogP contribution in [0.25, 0.3) is 0 Å². The van der Waals surface area contributed by atoms with Crippen molar-refractivity contribution in [1.29, 1.82) is 0 Å². The fourth-order valence-corrected chi connectivity index (χ4v) is 5.66. The molecule has 2 N–H and O–H groups in total. The van der Waals surface area contributed by atoms with E-state index in [2.05, 4.69) is 28.6 Å². The van der Waals surface area contributed by atoms with Gasteiger partial charge in [0.2, 0.25) is 5.91 Å². The quantitative estimate of drug-likeness (QED) is 0.138. The molecular formula is C30H35Cl2FN4O4. The van der Waals surface area contributed by atoms with Gasteiger partial charge in [0.05, 0.1) is 33.6 Å². The zero-order valence-corrected chi connectivity index (χ0v) is 24.9. The van der Waals surface area contributed by atoms with E-state index in [-0.39, 0.29) is 46.4 Å². The number of fused-ring (bicyclic) bond motifs is 2. The van der Waals surface area contributed by atoms with Crippen LogP contribution in [-0.2, 0) is 4.79 Å². The molecule has 2 fully saturated rings. The number of nitrogens with one attached hydrogen (secondary N) is 1. The molecule has 2 heterocycles. The predicted octanol–water partition coefficient (Wildman–Crippen LogP) is 6.58. The fraction of sp³-hybridized carbons (Fsp3) is 0.433. The number of piperidine rings is 1. The highest BCUT2D eigenvalue weighted by molar-refractivity contribution is 6.42. The van der Waals surface area contributed by atoms with Crippen LogP contribution >= 0.6 is 23.2 Å². The molecule has 2 aliphatic heterocycles. The van der Waals surface area contributed by atoms with Crippen LogP contribution in [0.1, 0.15) is 51.5 Å². The van der Waals surface area contributed by atoms with Crippen LogP contribution in [0.3, 0.4) is 0 Å². The van der Waals surface area contributed by atoms with E-state index in [1.165, 1.54) is 18.2 Å². The van der Waals surface area contributed by atoms with Gasteiger partial charge in [-0.1, -0.05) is 29.8 Å². The number of halogens is 3. The monoisotopic (exact) mass is 604 g/mol. The van der Waals surface area contributed by atoms with Crippen LogP contribution in [0.2, 0.25) is 10.0 Å². The van der Waals surface area contributed by atoms with Crippen molar-refractivity contribution < 1.29 is 23.8 Å². The summed E-state index contributed by atoms with van der Waals surface area (Å²) in [5.74, 6) is 0.388. The largest absolute Gasteiger partial charge is 0.490 e. The lowest BCUT2D eigenvalue weighted by atomic mass is 9.99. The highest BCUT2D eigenvalue weighted by atomic mass is 35.5. The first-order chi connectivity index (χ1) is 19.4. The molecule has 0 aliphatic carbocycles. The minimum atomic E-state index is -0.917. The van der Waals surface area contributed by atoms with Crippen molar-refractivity contribution in [2.45, 2.75) is 69.7 Å². The molecule has 2 atom stereocenters. The summed E-state index contributed by atoms with van der Waals surface area (Å²) in [5.41, 5.74) is 0.0922. The molecule has 0 aromatic heterocycles. The van der Waals surface area contributed by atoms with Crippen molar-refractivity contribution in [3.8, 4) is 11.5 Å². The number of carbonyl (C=O) groups is 1. The lowest BCUT2D eigenvalue weighted by Crippen LogP contribution is -2.48. The van der Waals surface area contributed by atoms with Crippen LogP contribution in [0, 0.1) is 5.82 Å². The Bertz CT molecular complexity index is 1350. The van der Waals surface area contributed by atoms with Crippen molar-refractivity contribution in [3.63, 3.8) is 0 Å². The van der Waals surface area contributed by atoms with Gasteiger partial charge in [-0.2, -0.15) is 0 Å². The summed E-state index contributed by atoms with van der Waals surface area (Å²) < 4.78 is 27.5. The van der Waals surface area contributed by atoms with Gasteiger partial charge < -0.3 is 24.8 Å². The number of amidine groups is 1. The van der Waals surface area contributed by atoms with Crippen LogP contribution in [-0.4, -0.2) is 65.9 Å². The SMILES string of the molecule is C=CC(=O)N1C2CCC1CC(Oc1cc(C(=NC)Nc3ccc(Cl)c(Cl)c3F)c(N=C)cc1OCCC(C)(C)O)C2. The molecule has 2 aliphatic rings. The fourth-order valence-electron chi connectivity index (χ4n) is 5.35. The summed E-state index contributed by atoms with van der Waals surface area (Å²) in [5, 5.41) is 13.0. The third-order valence-corrected chi connectivity index (χ3v) is 8.16. The Morgan fingerprint density at radius 3 is 2.51 bits per heavy atom. The van der Waals surface area contributed by atoms with E-state index in [9.17, 15) is 14.3 Å². The van der Waals surface area contributed by atoms with Gasteiger partial charge in [-0.05, 0) is 57.7 Å². The van der Waals surface area contributed by atoms with Gasteiger partial charge in [-0.15, -0.1) is 0 Å². The zero-order valence-electron chi connectivity index (χ0n) is 23.4. The van der Waals surface area contributed by atoms with Gasteiger partial charge in [0.25, 0.3) is 0 Å². The standard InChI is InChI=1S/C30H35Cl2FN4O4/c1-6-26(38)37-17-7-8-18(37)14-19(13-17)41-25-15-20(23(34-4)16-24(25)40-12-11-30(2,3)39)29(35-5)36-22-10-9-21(31)27(32)28(22)33/h6,9-10,15-19,39H,1,4,7-8,11-14H2,2-3,5H3,(H,35,36). The molecule has 0 spiro atoms. The van der Waals surface area contributed by atoms with Gasteiger partial charge in [-0.3, -0.25) is 14.8 Å². The van der Waals surface area contributed by atoms with E-state index in [0.717, 1.165) is 12.8 Å². The number of rotatable bonds is 10. The molecule has 1 amide bonds. The predicted molar refractivity (Wildman–Crippen MR) is 162 cm³/mol. The molecule has 4 rings (SSSR count).